The second-order valence-electron chi connectivity index (χ2n) is 5.17. The van der Waals surface area contributed by atoms with Crippen LogP contribution in [0.5, 0.6) is 0 Å². The molecule has 0 aromatic heterocycles. The van der Waals surface area contributed by atoms with Gasteiger partial charge in [0, 0.05) is 50.5 Å². The van der Waals surface area contributed by atoms with Crippen LogP contribution < -0.4 is 4.90 Å². The Bertz CT molecular complexity index is 488. The third-order valence-corrected chi connectivity index (χ3v) is 3.76. The average molecular weight is 275 g/mol. The topological polar surface area (TPSA) is 49.6 Å². The molecule has 0 bridgehead atoms. The van der Waals surface area contributed by atoms with Crippen molar-refractivity contribution in [2.45, 2.75) is 13.8 Å². The number of benzene rings is 1. The van der Waals surface area contributed by atoms with E-state index >= 15 is 0 Å². The van der Waals surface area contributed by atoms with E-state index in [9.17, 15) is 10.1 Å². The summed E-state index contributed by atoms with van der Waals surface area (Å²) in [6, 6.07) is 6.83. The molecule has 2 rings (SSSR count). The van der Waals surface area contributed by atoms with Crippen LogP contribution in [-0.2, 0) is 0 Å². The van der Waals surface area contributed by atoms with E-state index in [0.717, 1.165) is 38.4 Å². The number of nitro groups is 1. The summed E-state index contributed by atoms with van der Waals surface area (Å²) >= 11 is 0. The molecule has 0 unspecified atom stereocenters. The minimum atomic E-state index is -0.360. The van der Waals surface area contributed by atoms with E-state index in [1.54, 1.807) is 12.1 Å². The van der Waals surface area contributed by atoms with Gasteiger partial charge in [-0.1, -0.05) is 11.6 Å². The Morgan fingerprint density at radius 3 is 2.35 bits per heavy atom. The van der Waals surface area contributed by atoms with Crippen molar-refractivity contribution in [3.8, 4) is 0 Å². The van der Waals surface area contributed by atoms with Crippen molar-refractivity contribution in [2.75, 3.05) is 37.6 Å². The molecule has 108 valence electrons. The first-order valence-electron chi connectivity index (χ1n) is 6.93. The van der Waals surface area contributed by atoms with Gasteiger partial charge >= 0.3 is 0 Å². The van der Waals surface area contributed by atoms with Crippen LogP contribution in [0.25, 0.3) is 0 Å². The molecule has 20 heavy (non-hydrogen) atoms. The van der Waals surface area contributed by atoms with Crippen LogP contribution in [0.1, 0.15) is 13.8 Å². The third-order valence-electron chi connectivity index (χ3n) is 3.76. The van der Waals surface area contributed by atoms with E-state index in [2.05, 4.69) is 29.7 Å². The third kappa shape index (κ3) is 3.57. The number of hydrogen-bond acceptors (Lipinski definition) is 4. The molecule has 1 aliphatic heterocycles. The van der Waals surface area contributed by atoms with Crippen LogP contribution >= 0.6 is 0 Å². The molecular weight excluding hydrogens is 254 g/mol. The molecule has 1 fully saturated rings. The first-order valence-corrected chi connectivity index (χ1v) is 6.93. The van der Waals surface area contributed by atoms with Crippen molar-refractivity contribution in [3.05, 3.63) is 46.0 Å². The highest BCUT2D eigenvalue weighted by atomic mass is 16.6. The fourth-order valence-electron chi connectivity index (χ4n) is 2.39. The molecule has 1 aromatic rings. The summed E-state index contributed by atoms with van der Waals surface area (Å²) < 4.78 is 0. The maximum Gasteiger partial charge on any atom is 0.269 e. The summed E-state index contributed by atoms with van der Waals surface area (Å²) in [4.78, 5) is 15.0. The van der Waals surface area contributed by atoms with E-state index in [1.165, 1.54) is 5.57 Å². The van der Waals surface area contributed by atoms with Gasteiger partial charge in [0.1, 0.15) is 0 Å². The molecule has 1 aromatic carbocycles. The zero-order valence-corrected chi connectivity index (χ0v) is 12.1. The molecule has 0 amide bonds. The minimum absolute atomic E-state index is 0.149. The molecule has 1 aliphatic rings. The zero-order valence-electron chi connectivity index (χ0n) is 12.1. The van der Waals surface area contributed by atoms with E-state index in [4.69, 9.17) is 0 Å². The number of rotatable bonds is 4. The van der Waals surface area contributed by atoms with Crippen LogP contribution in [0.4, 0.5) is 11.4 Å². The highest BCUT2D eigenvalue weighted by Gasteiger charge is 2.17. The SMILES string of the molecule is CC=C(C)CN1CCN(c2ccc([N+](=O)[O-])cc2)CC1. The van der Waals surface area contributed by atoms with Crippen molar-refractivity contribution in [3.63, 3.8) is 0 Å². The maximum absolute atomic E-state index is 10.6. The van der Waals surface area contributed by atoms with Gasteiger partial charge < -0.3 is 4.90 Å². The molecular formula is C15H21N3O2. The lowest BCUT2D eigenvalue weighted by Crippen LogP contribution is -2.46. The van der Waals surface area contributed by atoms with Crippen molar-refractivity contribution in [1.82, 2.24) is 4.90 Å². The number of hydrogen-bond donors (Lipinski definition) is 0. The maximum atomic E-state index is 10.6. The lowest BCUT2D eigenvalue weighted by atomic mass is 10.2. The Balaban J connectivity index is 1.92. The highest BCUT2D eigenvalue weighted by molar-refractivity contribution is 5.51. The van der Waals surface area contributed by atoms with Gasteiger partial charge in [0.2, 0.25) is 0 Å². The van der Waals surface area contributed by atoms with Gasteiger partial charge in [0.25, 0.3) is 5.69 Å². The molecule has 0 saturated carbocycles. The van der Waals surface area contributed by atoms with Crippen LogP contribution in [-0.4, -0.2) is 42.5 Å². The lowest BCUT2D eigenvalue weighted by Gasteiger charge is -2.36. The summed E-state index contributed by atoms with van der Waals surface area (Å²) in [5.41, 5.74) is 2.61. The van der Waals surface area contributed by atoms with Gasteiger partial charge in [-0.2, -0.15) is 0 Å². The summed E-state index contributed by atoms with van der Waals surface area (Å²) in [5.74, 6) is 0. The van der Waals surface area contributed by atoms with Crippen LogP contribution in [0.2, 0.25) is 0 Å². The summed E-state index contributed by atoms with van der Waals surface area (Å²) in [6.45, 7) is 9.25. The Hall–Kier alpha value is -1.88. The van der Waals surface area contributed by atoms with Crippen LogP contribution in [0.3, 0.4) is 0 Å². The first-order chi connectivity index (χ1) is 9.60. The number of allylic oxidation sites excluding steroid dienone is 1. The highest BCUT2D eigenvalue weighted by Crippen LogP contribution is 2.20. The summed E-state index contributed by atoms with van der Waals surface area (Å²) in [5, 5.41) is 10.6. The standard InChI is InChI=1S/C15H21N3O2/c1-3-13(2)12-16-8-10-17(11-9-16)14-4-6-15(7-5-14)18(19)20/h3-7H,8-12H2,1-2H3. The van der Waals surface area contributed by atoms with Crippen LogP contribution in [0.15, 0.2) is 35.9 Å². The summed E-state index contributed by atoms with van der Waals surface area (Å²) in [6.07, 6.45) is 2.16. The predicted molar refractivity (Wildman–Crippen MR) is 81.2 cm³/mol. The first kappa shape index (κ1) is 14.5. The van der Waals surface area contributed by atoms with Crippen molar-refractivity contribution < 1.29 is 4.92 Å². The second-order valence-corrected chi connectivity index (χ2v) is 5.17. The monoisotopic (exact) mass is 275 g/mol. The van der Waals surface area contributed by atoms with Crippen molar-refractivity contribution in [2.24, 2.45) is 0 Å². The largest absolute Gasteiger partial charge is 0.369 e. The number of piperazine rings is 1. The molecule has 5 heteroatoms. The number of non-ortho nitro benzene ring substituents is 1. The van der Waals surface area contributed by atoms with Gasteiger partial charge in [-0.25, -0.2) is 0 Å². The Morgan fingerprint density at radius 2 is 1.85 bits per heavy atom. The summed E-state index contributed by atoms with van der Waals surface area (Å²) in [7, 11) is 0. The van der Waals surface area contributed by atoms with E-state index in [0.29, 0.717) is 0 Å². The molecule has 0 atom stereocenters. The Kier molecular flexibility index (Phi) is 4.74. The molecule has 0 radical (unpaired) electrons. The lowest BCUT2D eigenvalue weighted by molar-refractivity contribution is -0.384. The molecule has 5 nitrogen and oxygen atoms in total. The zero-order chi connectivity index (χ0) is 14.5. The van der Waals surface area contributed by atoms with E-state index < -0.39 is 0 Å². The Morgan fingerprint density at radius 1 is 1.25 bits per heavy atom. The van der Waals surface area contributed by atoms with Crippen LogP contribution in [0, 0.1) is 10.1 Å². The minimum Gasteiger partial charge on any atom is -0.369 e. The predicted octanol–water partition coefficient (Wildman–Crippen LogP) is 2.68. The van der Waals surface area contributed by atoms with Gasteiger partial charge in [-0.15, -0.1) is 0 Å². The molecule has 0 spiro atoms. The fourth-order valence-corrected chi connectivity index (χ4v) is 2.39. The van der Waals surface area contributed by atoms with Crippen molar-refractivity contribution >= 4 is 11.4 Å². The normalized spacial score (nSPS) is 17.3. The second kappa shape index (κ2) is 6.52. The number of anilines is 1. The van der Waals surface area contributed by atoms with Gasteiger partial charge in [-0.05, 0) is 26.0 Å². The Labute approximate surface area is 119 Å². The number of nitrogens with zero attached hydrogens (tertiary/aromatic N) is 3. The molecule has 1 saturated heterocycles. The van der Waals surface area contributed by atoms with Gasteiger partial charge in [-0.3, -0.25) is 15.0 Å². The van der Waals surface area contributed by atoms with E-state index in [1.807, 2.05) is 12.1 Å². The molecule has 0 aliphatic carbocycles. The molecule has 1 heterocycles. The number of nitro benzene ring substituents is 1. The smallest absolute Gasteiger partial charge is 0.269 e. The quantitative estimate of drug-likeness (QED) is 0.481. The van der Waals surface area contributed by atoms with Gasteiger partial charge in [0.05, 0.1) is 4.92 Å². The van der Waals surface area contributed by atoms with Gasteiger partial charge in [0.15, 0.2) is 0 Å². The van der Waals surface area contributed by atoms with Crippen molar-refractivity contribution in [1.29, 1.82) is 0 Å². The van der Waals surface area contributed by atoms with E-state index in [-0.39, 0.29) is 10.6 Å². The fraction of sp³-hybridized carbons (Fsp3) is 0.467. The average Bonchev–Trinajstić information content (AvgIpc) is 2.48. The molecule has 0 N–H and O–H groups in total.